The van der Waals surface area contributed by atoms with Crippen LogP contribution in [0.1, 0.15) is 71.6 Å². The van der Waals surface area contributed by atoms with Crippen LogP contribution in [0.4, 0.5) is 0 Å². The third-order valence-electron chi connectivity index (χ3n) is 9.56. The molecule has 4 aliphatic rings. The Morgan fingerprint density at radius 3 is 2.56 bits per heavy atom. The maximum absolute atomic E-state index is 12.0. The van der Waals surface area contributed by atoms with E-state index in [1.54, 1.807) is 6.08 Å². The van der Waals surface area contributed by atoms with Crippen LogP contribution in [0.5, 0.6) is 0 Å². The molecule has 0 aliphatic heterocycles. The highest BCUT2D eigenvalue weighted by atomic mass is 16.5. The maximum atomic E-state index is 12.0. The van der Waals surface area contributed by atoms with Crippen LogP contribution >= 0.6 is 0 Å². The number of hydrogen-bond donors (Lipinski definition) is 2. The Bertz CT molecular complexity index is 630. The van der Waals surface area contributed by atoms with Gasteiger partial charge in [0, 0.05) is 11.5 Å². The number of allylic oxidation sites excluding steroid dienone is 1. The predicted octanol–water partition coefficient (Wildman–Crippen LogP) is 3.85. The molecule has 4 heteroatoms. The number of aliphatic hydroxyl groups excluding tert-OH is 1. The van der Waals surface area contributed by atoms with E-state index in [0.717, 1.165) is 57.8 Å². The molecule has 2 N–H and O–H groups in total. The van der Waals surface area contributed by atoms with Gasteiger partial charge < -0.3 is 14.9 Å². The van der Waals surface area contributed by atoms with E-state index < -0.39 is 5.60 Å². The molecule has 0 bridgehead atoms. The number of carbonyl (C=O) groups is 1. The molecule has 4 nitrogen and oxygen atoms in total. The molecule has 0 heterocycles. The van der Waals surface area contributed by atoms with Crippen molar-refractivity contribution in [1.29, 1.82) is 0 Å². The first-order valence-corrected chi connectivity index (χ1v) is 10.9. The molecule has 0 aromatic rings. The Balaban J connectivity index is 1.60. The van der Waals surface area contributed by atoms with Crippen LogP contribution in [0.15, 0.2) is 12.2 Å². The normalized spacial score (nSPS) is 52.1. The summed E-state index contributed by atoms with van der Waals surface area (Å²) in [7, 11) is 1.41. The Hall–Kier alpha value is -0.870. The smallest absolute Gasteiger partial charge is 0.330 e. The number of carbonyl (C=O) groups excluding carboxylic acids is 1. The van der Waals surface area contributed by atoms with Crippen molar-refractivity contribution in [2.75, 3.05) is 7.11 Å². The van der Waals surface area contributed by atoms with Gasteiger partial charge in [-0.15, -0.1) is 0 Å². The quantitative estimate of drug-likeness (QED) is 0.567. The number of ether oxygens (including phenoxy) is 1. The molecule has 0 aromatic carbocycles. The molecule has 0 amide bonds. The molecule has 4 aliphatic carbocycles. The molecule has 27 heavy (non-hydrogen) atoms. The van der Waals surface area contributed by atoms with Crippen LogP contribution in [-0.2, 0) is 9.53 Å². The second-order valence-corrected chi connectivity index (χ2v) is 10.3. The van der Waals surface area contributed by atoms with Crippen LogP contribution in [0.2, 0.25) is 0 Å². The summed E-state index contributed by atoms with van der Waals surface area (Å²) in [5.74, 6) is 1.44. The van der Waals surface area contributed by atoms with Crippen molar-refractivity contribution in [3.05, 3.63) is 12.2 Å². The van der Waals surface area contributed by atoms with Gasteiger partial charge in [-0.25, -0.2) is 4.79 Å². The number of hydrogen-bond acceptors (Lipinski definition) is 4. The lowest BCUT2D eigenvalue weighted by molar-refractivity contribution is -0.207. The molecule has 0 unspecified atom stereocenters. The van der Waals surface area contributed by atoms with Crippen molar-refractivity contribution < 1.29 is 19.7 Å². The van der Waals surface area contributed by atoms with Crippen molar-refractivity contribution in [3.63, 3.8) is 0 Å². The fourth-order valence-corrected chi connectivity index (χ4v) is 7.82. The minimum absolute atomic E-state index is 0.129. The van der Waals surface area contributed by atoms with Crippen molar-refractivity contribution >= 4 is 5.97 Å². The lowest BCUT2D eigenvalue weighted by Crippen LogP contribution is -2.62. The molecule has 0 aromatic heterocycles. The Labute approximate surface area is 163 Å². The molecule has 0 saturated heterocycles. The number of esters is 1. The Morgan fingerprint density at radius 2 is 1.81 bits per heavy atom. The summed E-state index contributed by atoms with van der Waals surface area (Å²) in [6.45, 7) is 4.69. The van der Waals surface area contributed by atoms with E-state index in [0.29, 0.717) is 17.8 Å². The highest BCUT2D eigenvalue weighted by Crippen LogP contribution is 2.69. The van der Waals surface area contributed by atoms with E-state index in [-0.39, 0.29) is 28.8 Å². The van der Waals surface area contributed by atoms with E-state index in [4.69, 9.17) is 4.74 Å². The molecular weight excluding hydrogens is 340 g/mol. The first kappa shape index (κ1) is 19.4. The molecular formula is C23H36O4. The Kier molecular flexibility index (Phi) is 4.74. The summed E-state index contributed by atoms with van der Waals surface area (Å²) in [6, 6.07) is 0. The summed E-state index contributed by atoms with van der Waals surface area (Å²) in [5, 5.41) is 22.2. The van der Waals surface area contributed by atoms with E-state index in [9.17, 15) is 15.0 Å². The molecule has 0 radical (unpaired) electrons. The van der Waals surface area contributed by atoms with Crippen molar-refractivity contribution in [3.8, 4) is 0 Å². The lowest BCUT2D eigenvalue weighted by Gasteiger charge is -2.63. The third kappa shape index (κ3) is 2.73. The van der Waals surface area contributed by atoms with Gasteiger partial charge in [0.1, 0.15) is 0 Å². The average Bonchev–Trinajstić information content (AvgIpc) is 2.91. The number of fused-ring (bicyclic) bond motifs is 5. The SMILES string of the molecule is COC(=O)/C=C/[C@H]1CC[C@]2(O)[C@@H]3CC[C@@H]4C[C@H](O)CC[C@]4(C)[C@H]3CC[C@]12C. The molecule has 4 fully saturated rings. The second-order valence-electron chi connectivity index (χ2n) is 10.3. The second kappa shape index (κ2) is 6.59. The van der Waals surface area contributed by atoms with Gasteiger partial charge in [0.05, 0.1) is 18.8 Å². The topological polar surface area (TPSA) is 66.8 Å². The monoisotopic (exact) mass is 376 g/mol. The molecule has 4 rings (SSSR count). The van der Waals surface area contributed by atoms with Gasteiger partial charge in [-0.1, -0.05) is 19.9 Å². The van der Waals surface area contributed by atoms with Crippen molar-refractivity contribution in [2.45, 2.75) is 83.3 Å². The van der Waals surface area contributed by atoms with Gasteiger partial charge in [0.2, 0.25) is 0 Å². The highest BCUT2D eigenvalue weighted by molar-refractivity contribution is 5.81. The van der Waals surface area contributed by atoms with Crippen molar-refractivity contribution in [1.82, 2.24) is 0 Å². The van der Waals surface area contributed by atoms with E-state index in [2.05, 4.69) is 13.8 Å². The van der Waals surface area contributed by atoms with E-state index >= 15 is 0 Å². The first-order chi connectivity index (χ1) is 12.7. The van der Waals surface area contributed by atoms with Crippen LogP contribution in [0.3, 0.4) is 0 Å². The number of methoxy groups -OCH3 is 1. The standard InChI is InChI=1S/C23H36O4/c1-21-11-9-17(24)14-16(21)4-6-19-18(21)10-12-22(2)15(5-7-20(25)27-3)8-13-23(19,22)26/h5,7,15-19,24,26H,4,6,8-14H2,1-3H3/b7-5+/t15-,16+,17+,18-,19+,21-,22+,23-/m0/s1. The fourth-order valence-electron chi connectivity index (χ4n) is 7.82. The zero-order valence-electron chi connectivity index (χ0n) is 17.1. The molecule has 152 valence electrons. The number of aliphatic hydroxyl groups is 2. The van der Waals surface area contributed by atoms with Gasteiger partial charge in [-0.3, -0.25) is 0 Å². The maximum Gasteiger partial charge on any atom is 0.330 e. The van der Waals surface area contributed by atoms with E-state index in [1.807, 2.05) is 6.08 Å². The van der Waals surface area contributed by atoms with E-state index in [1.165, 1.54) is 7.11 Å². The summed E-state index contributed by atoms with van der Waals surface area (Å²) in [6.07, 6.45) is 12.6. The first-order valence-electron chi connectivity index (χ1n) is 10.9. The number of rotatable bonds is 2. The lowest BCUT2D eigenvalue weighted by atomic mass is 9.43. The van der Waals surface area contributed by atoms with Crippen LogP contribution in [0, 0.1) is 34.5 Å². The van der Waals surface area contributed by atoms with Gasteiger partial charge >= 0.3 is 5.97 Å². The molecule has 8 atom stereocenters. The third-order valence-corrected chi connectivity index (χ3v) is 9.56. The molecule has 4 saturated carbocycles. The van der Waals surface area contributed by atoms with Gasteiger partial charge in [-0.2, -0.15) is 0 Å². The summed E-state index contributed by atoms with van der Waals surface area (Å²) in [4.78, 5) is 11.6. The summed E-state index contributed by atoms with van der Waals surface area (Å²) in [5.41, 5.74) is -0.527. The van der Waals surface area contributed by atoms with Gasteiger partial charge in [0.25, 0.3) is 0 Å². The minimum Gasteiger partial charge on any atom is -0.466 e. The van der Waals surface area contributed by atoms with Gasteiger partial charge in [0.15, 0.2) is 0 Å². The summed E-state index contributed by atoms with van der Waals surface area (Å²) < 4.78 is 4.76. The van der Waals surface area contributed by atoms with Crippen molar-refractivity contribution in [2.24, 2.45) is 34.5 Å². The Morgan fingerprint density at radius 1 is 1.04 bits per heavy atom. The highest BCUT2D eigenvalue weighted by Gasteiger charge is 2.66. The van der Waals surface area contributed by atoms with Crippen LogP contribution < -0.4 is 0 Å². The summed E-state index contributed by atoms with van der Waals surface area (Å²) >= 11 is 0. The zero-order valence-corrected chi connectivity index (χ0v) is 17.1. The predicted molar refractivity (Wildman–Crippen MR) is 104 cm³/mol. The molecule has 0 spiro atoms. The van der Waals surface area contributed by atoms with Crippen LogP contribution in [-0.4, -0.2) is 35.0 Å². The fraction of sp³-hybridized carbons (Fsp3) is 0.870. The largest absolute Gasteiger partial charge is 0.466 e. The zero-order chi connectivity index (χ0) is 19.4. The minimum atomic E-state index is -0.634. The average molecular weight is 377 g/mol. The van der Waals surface area contributed by atoms with Gasteiger partial charge in [-0.05, 0) is 86.9 Å². The van der Waals surface area contributed by atoms with Crippen LogP contribution in [0.25, 0.3) is 0 Å².